The van der Waals surface area contributed by atoms with Gasteiger partial charge in [0, 0.05) is 5.56 Å². The highest BCUT2D eigenvalue weighted by Gasteiger charge is 2.14. The van der Waals surface area contributed by atoms with Crippen LogP contribution in [-0.4, -0.2) is 12.4 Å². The predicted octanol–water partition coefficient (Wildman–Crippen LogP) is 4.65. The Morgan fingerprint density at radius 1 is 1.00 bits per heavy atom. The van der Waals surface area contributed by atoms with Crippen LogP contribution in [0.4, 0.5) is 0 Å². The molecule has 0 atom stereocenters. The van der Waals surface area contributed by atoms with E-state index in [2.05, 4.69) is 0 Å². The van der Waals surface area contributed by atoms with Crippen LogP contribution in [0.25, 0.3) is 5.57 Å². The van der Waals surface area contributed by atoms with Gasteiger partial charge in [-0.15, -0.1) is 0 Å². The molecular weight excluding hydrogens is 260 g/mol. The number of ketones is 1. The van der Waals surface area contributed by atoms with Crippen LogP contribution in [0.3, 0.4) is 0 Å². The molecule has 0 aliphatic heterocycles. The van der Waals surface area contributed by atoms with E-state index in [1.807, 2.05) is 68.4 Å². The Morgan fingerprint density at radius 3 is 2.29 bits per heavy atom. The average molecular weight is 280 g/mol. The molecule has 2 nitrogen and oxygen atoms in total. The monoisotopic (exact) mass is 280 g/mol. The molecule has 108 valence electrons. The molecule has 0 saturated heterocycles. The summed E-state index contributed by atoms with van der Waals surface area (Å²) >= 11 is 0. The topological polar surface area (TPSA) is 26.3 Å². The van der Waals surface area contributed by atoms with E-state index in [0.717, 1.165) is 17.5 Å². The highest BCUT2D eigenvalue weighted by molar-refractivity contribution is 6.28. The van der Waals surface area contributed by atoms with Crippen molar-refractivity contribution in [2.75, 3.05) is 6.61 Å². The van der Waals surface area contributed by atoms with Crippen molar-refractivity contribution in [1.29, 1.82) is 0 Å². The first-order valence-corrected chi connectivity index (χ1v) is 7.21. The molecule has 21 heavy (non-hydrogen) atoms. The van der Waals surface area contributed by atoms with Crippen molar-refractivity contribution in [1.82, 2.24) is 0 Å². The Hall–Kier alpha value is -2.35. The van der Waals surface area contributed by atoms with Gasteiger partial charge in [0.2, 0.25) is 0 Å². The Labute approximate surface area is 126 Å². The van der Waals surface area contributed by atoms with Crippen molar-refractivity contribution in [2.45, 2.75) is 20.3 Å². The van der Waals surface area contributed by atoms with Crippen LogP contribution in [0.15, 0.2) is 60.9 Å². The molecule has 0 saturated carbocycles. The lowest BCUT2D eigenvalue weighted by Gasteiger charge is -2.08. The molecule has 0 amide bonds. The molecule has 0 heterocycles. The summed E-state index contributed by atoms with van der Waals surface area (Å²) in [5, 5.41) is 0. The Morgan fingerprint density at radius 2 is 1.67 bits per heavy atom. The third kappa shape index (κ3) is 4.06. The molecular formula is C19H20O2. The summed E-state index contributed by atoms with van der Waals surface area (Å²) in [6.45, 7) is 4.65. The predicted molar refractivity (Wildman–Crippen MR) is 86.2 cm³/mol. The lowest BCUT2D eigenvalue weighted by atomic mass is 9.97. The van der Waals surface area contributed by atoms with E-state index in [-0.39, 0.29) is 5.78 Å². The first-order valence-electron chi connectivity index (χ1n) is 7.21. The number of carbonyl (C=O) groups is 1. The number of ether oxygens (including phenoxy) is 1. The molecule has 0 N–H and O–H groups in total. The number of rotatable bonds is 6. The van der Waals surface area contributed by atoms with Gasteiger partial charge in [-0.05, 0) is 18.9 Å². The number of allylic oxidation sites excluding steroid dienone is 1. The quantitative estimate of drug-likeness (QED) is 0.333. The fraction of sp³-hybridized carbons (Fsp3) is 0.211. The first-order chi connectivity index (χ1) is 10.2. The van der Waals surface area contributed by atoms with E-state index >= 15 is 0 Å². The largest absolute Gasteiger partial charge is 0.500 e. The van der Waals surface area contributed by atoms with Crippen molar-refractivity contribution >= 4 is 11.4 Å². The highest BCUT2D eigenvalue weighted by Crippen LogP contribution is 2.20. The molecule has 0 aliphatic rings. The molecule has 2 aromatic rings. The minimum Gasteiger partial charge on any atom is -0.500 e. The highest BCUT2D eigenvalue weighted by atomic mass is 16.5. The zero-order chi connectivity index (χ0) is 15.1. The minimum absolute atomic E-state index is 0.0164. The number of hydrogen-bond acceptors (Lipinski definition) is 2. The Bertz CT molecular complexity index is 610. The molecule has 2 aromatic carbocycles. The van der Waals surface area contributed by atoms with Crippen LogP contribution in [0.2, 0.25) is 0 Å². The summed E-state index contributed by atoms with van der Waals surface area (Å²) in [5.74, 6) is -0.0164. The van der Waals surface area contributed by atoms with Gasteiger partial charge >= 0.3 is 0 Å². The number of hydrogen-bond donors (Lipinski definition) is 0. The fourth-order valence-corrected chi connectivity index (χ4v) is 1.99. The van der Waals surface area contributed by atoms with Crippen molar-refractivity contribution < 1.29 is 9.53 Å². The summed E-state index contributed by atoms with van der Waals surface area (Å²) in [4.78, 5) is 12.7. The lowest BCUT2D eigenvalue weighted by molar-refractivity contribution is 0.105. The Kier molecular flexibility index (Phi) is 5.33. The normalized spacial score (nSPS) is 11.2. The fourth-order valence-electron chi connectivity index (χ4n) is 1.99. The van der Waals surface area contributed by atoms with Gasteiger partial charge in [0.25, 0.3) is 0 Å². The van der Waals surface area contributed by atoms with Gasteiger partial charge in [-0.3, -0.25) is 4.79 Å². The smallest absolute Gasteiger partial charge is 0.196 e. The van der Waals surface area contributed by atoms with Crippen LogP contribution in [0, 0.1) is 6.92 Å². The minimum atomic E-state index is -0.0164. The first kappa shape index (κ1) is 15.0. The summed E-state index contributed by atoms with van der Waals surface area (Å²) in [5.41, 5.74) is 3.28. The number of aryl methyl sites for hydroxylation is 1. The second-order valence-electron chi connectivity index (χ2n) is 4.96. The summed E-state index contributed by atoms with van der Waals surface area (Å²) in [6, 6.07) is 17.2. The maximum atomic E-state index is 12.7. The van der Waals surface area contributed by atoms with Gasteiger partial charge in [0.05, 0.1) is 18.4 Å². The van der Waals surface area contributed by atoms with Crippen LogP contribution >= 0.6 is 0 Å². The number of carbonyl (C=O) groups excluding carboxylic acids is 1. The lowest BCUT2D eigenvalue weighted by Crippen LogP contribution is -2.04. The van der Waals surface area contributed by atoms with Crippen molar-refractivity contribution in [3.05, 3.63) is 77.5 Å². The molecule has 0 bridgehead atoms. The zero-order valence-electron chi connectivity index (χ0n) is 12.5. The van der Waals surface area contributed by atoms with Gasteiger partial charge in [-0.25, -0.2) is 0 Å². The van der Waals surface area contributed by atoms with E-state index in [4.69, 9.17) is 4.74 Å². The van der Waals surface area contributed by atoms with E-state index < -0.39 is 0 Å². The molecule has 0 aromatic heterocycles. The molecule has 0 fully saturated rings. The summed E-state index contributed by atoms with van der Waals surface area (Å²) < 4.78 is 5.48. The molecule has 0 spiro atoms. The zero-order valence-corrected chi connectivity index (χ0v) is 12.5. The van der Waals surface area contributed by atoms with Crippen LogP contribution in [0.5, 0.6) is 0 Å². The second-order valence-corrected chi connectivity index (χ2v) is 4.96. The van der Waals surface area contributed by atoms with E-state index in [1.165, 1.54) is 0 Å². The van der Waals surface area contributed by atoms with Gasteiger partial charge in [0.1, 0.15) is 0 Å². The molecule has 0 aliphatic carbocycles. The third-order valence-corrected chi connectivity index (χ3v) is 3.17. The molecule has 2 rings (SSSR count). The standard InChI is InChI=1S/C19H20O2/c1-3-13-21-14-18(16-7-5-4-6-8-16)19(20)17-11-9-15(2)10-12-17/h4-12,14H,3,13H2,1-2H3. The van der Waals surface area contributed by atoms with E-state index in [1.54, 1.807) is 6.26 Å². The number of benzene rings is 2. The van der Waals surface area contributed by atoms with Gasteiger partial charge in [-0.1, -0.05) is 67.1 Å². The average Bonchev–Trinajstić information content (AvgIpc) is 2.53. The third-order valence-electron chi connectivity index (χ3n) is 3.17. The maximum Gasteiger partial charge on any atom is 0.196 e. The van der Waals surface area contributed by atoms with E-state index in [9.17, 15) is 4.79 Å². The van der Waals surface area contributed by atoms with Gasteiger partial charge in [0.15, 0.2) is 5.78 Å². The SMILES string of the molecule is CCCOC=C(C(=O)c1ccc(C)cc1)c1ccccc1. The molecule has 0 unspecified atom stereocenters. The van der Waals surface area contributed by atoms with Gasteiger partial charge in [-0.2, -0.15) is 0 Å². The molecule has 0 radical (unpaired) electrons. The van der Waals surface area contributed by atoms with Crippen LogP contribution < -0.4 is 0 Å². The second kappa shape index (κ2) is 7.44. The van der Waals surface area contributed by atoms with Gasteiger partial charge < -0.3 is 4.74 Å². The number of Topliss-reactive ketones (excluding diaryl/α,β-unsaturated/α-hetero) is 1. The van der Waals surface area contributed by atoms with Crippen molar-refractivity contribution in [3.63, 3.8) is 0 Å². The van der Waals surface area contributed by atoms with Crippen molar-refractivity contribution in [2.24, 2.45) is 0 Å². The van der Waals surface area contributed by atoms with Crippen molar-refractivity contribution in [3.8, 4) is 0 Å². The summed E-state index contributed by atoms with van der Waals surface area (Å²) in [6.07, 6.45) is 2.50. The maximum absolute atomic E-state index is 12.7. The molecule has 2 heteroatoms. The van der Waals surface area contributed by atoms with E-state index in [0.29, 0.717) is 17.7 Å². The summed E-state index contributed by atoms with van der Waals surface area (Å²) in [7, 11) is 0. The Balaban J connectivity index is 2.33. The van der Waals surface area contributed by atoms with Crippen LogP contribution in [0.1, 0.15) is 34.8 Å². The van der Waals surface area contributed by atoms with Crippen LogP contribution in [-0.2, 0) is 4.74 Å².